The normalized spacial score (nSPS) is 47.2. The van der Waals surface area contributed by atoms with Crippen LogP contribution in [0.15, 0.2) is 23.8 Å². The second-order valence-electron chi connectivity index (χ2n) is 10.5. The molecule has 0 spiro atoms. The summed E-state index contributed by atoms with van der Waals surface area (Å²) >= 11 is 7.41. The molecule has 6 nitrogen and oxygen atoms in total. The third kappa shape index (κ3) is 2.69. The zero-order valence-electron chi connectivity index (χ0n) is 19.2. The van der Waals surface area contributed by atoms with Crippen LogP contribution in [0.4, 0.5) is 0 Å². The van der Waals surface area contributed by atoms with Crippen molar-refractivity contribution in [2.45, 2.75) is 76.4 Å². The lowest BCUT2D eigenvalue weighted by Gasteiger charge is -2.64. The van der Waals surface area contributed by atoms with Crippen LogP contribution in [0.5, 0.6) is 0 Å². The topological polar surface area (TPSA) is 101 Å². The van der Waals surface area contributed by atoms with E-state index in [1.807, 2.05) is 26.8 Å². The maximum Gasteiger partial charge on any atom is 0.306 e. The number of hydrogen-bond donors (Lipinski definition) is 2. The Kier molecular flexibility index (Phi) is 5.55. The first-order valence-electron chi connectivity index (χ1n) is 11.6. The molecule has 8 atom stereocenters. The SMILES string of the molecule is CCC(=O)O[C@]1(C(=O)CO)[C@@H](C)C[C@H]2[C@H]3CCC4=CC(=O)C=C[C@]4(C)[C@@]3(Cl)[C@@H](O)C[C@@]21C. The molecule has 4 rings (SSSR count). The van der Waals surface area contributed by atoms with Crippen molar-refractivity contribution in [3.63, 3.8) is 0 Å². The molecule has 0 aromatic carbocycles. The van der Waals surface area contributed by atoms with Gasteiger partial charge in [0.1, 0.15) is 6.61 Å². The lowest BCUT2D eigenvalue weighted by atomic mass is 9.45. The van der Waals surface area contributed by atoms with Crippen LogP contribution in [-0.4, -0.2) is 50.9 Å². The second-order valence-corrected chi connectivity index (χ2v) is 11.2. The van der Waals surface area contributed by atoms with Gasteiger partial charge in [0.05, 0.1) is 11.0 Å². The number of hydrogen-bond acceptors (Lipinski definition) is 6. The van der Waals surface area contributed by atoms with Gasteiger partial charge in [-0.05, 0) is 49.7 Å². The number of halogens is 1. The Balaban J connectivity index is 1.85. The number of Topliss-reactive ketones (excluding diaryl/α,β-unsaturated/α-hetero) is 1. The van der Waals surface area contributed by atoms with E-state index < -0.39 is 45.8 Å². The summed E-state index contributed by atoms with van der Waals surface area (Å²) < 4.78 is 5.92. The Labute approximate surface area is 194 Å². The Hall–Kier alpha value is -1.50. The number of aliphatic hydroxyl groups excluding tert-OH is 2. The van der Waals surface area contributed by atoms with E-state index in [4.69, 9.17) is 16.3 Å². The Morgan fingerprint density at radius 2 is 1.97 bits per heavy atom. The van der Waals surface area contributed by atoms with E-state index in [-0.39, 0.29) is 36.4 Å². The summed E-state index contributed by atoms with van der Waals surface area (Å²) in [5, 5.41) is 21.5. The molecule has 3 saturated carbocycles. The Morgan fingerprint density at radius 1 is 1.28 bits per heavy atom. The van der Waals surface area contributed by atoms with E-state index in [2.05, 4.69) is 0 Å². The van der Waals surface area contributed by atoms with Gasteiger partial charge in [-0.25, -0.2) is 0 Å². The van der Waals surface area contributed by atoms with Gasteiger partial charge in [-0.1, -0.05) is 39.3 Å². The van der Waals surface area contributed by atoms with Gasteiger partial charge < -0.3 is 14.9 Å². The van der Waals surface area contributed by atoms with Crippen molar-refractivity contribution >= 4 is 29.1 Å². The predicted molar refractivity (Wildman–Crippen MR) is 119 cm³/mol. The van der Waals surface area contributed by atoms with E-state index in [1.54, 1.807) is 13.0 Å². The first-order chi connectivity index (χ1) is 14.9. The molecule has 0 bridgehead atoms. The molecular weight excluding hydrogens is 432 g/mol. The smallest absolute Gasteiger partial charge is 0.306 e. The summed E-state index contributed by atoms with van der Waals surface area (Å²) in [5.74, 6) is -1.66. The zero-order valence-corrected chi connectivity index (χ0v) is 19.9. The number of aliphatic hydroxyl groups is 2. The lowest BCUT2D eigenvalue weighted by Crippen LogP contribution is -2.69. The number of fused-ring (bicyclic) bond motifs is 5. The fraction of sp³-hybridized carbons (Fsp3) is 0.720. The summed E-state index contributed by atoms with van der Waals surface area (Å²) in [4.78, 5) is 36.7. The molecule has 0 aromatic rings. The first-order valence-corrected chi connectivity index (χ1v) is 12.0. The van der Waals surface area contributed by atoms with Crippen molar-refractivity contribution in [2.75, 3.05) is 6.61 Å². The van der Waals surface area contributed by atoms with Crippen LogP contribution >= 0.6 is 11.6 Å². The minimum absolute atomic E-state index is 0.0696. The minimum Gasteiger partial charge on any atom is -0.450 e. The molecule has 176 valence electrons. The van der Waals surface area contributed by atoms with Gasteiger partial charge in [0.25, 0.3) is 0 Å². The molecule has 2 N–H and O–H groups in total. The van der Waals surface area contributed by atoms with Crippen LogP contribution in [0.1, 0.15) is 59.8 Å². The van der Waals surface area contributed by atoms with Crippen molar-refractivity contribution < 1.29 is 29.3 Å². The molecule has 3 fully saturated rings. The monoisotopic (exact) mass is 464 g/mol. The Bertz CT molecular complexity index is 925. The van der Waals surface area contributed by atoms with E-state index in [1.165, 1.54) is 6.08 Å². The highest BCUT2D eigenvalue weighted by Gasteiger charge is 2.76. The number of alkyl halides is 1. The quantitative estimate of drug-likeness (QED) is 0.489. The lowest BCUT2D eigenvalue weighted by molar-refractivity contribution is -0.202. The third-order valence-corrected chi connectivity index (χ3v) is 10.2. The van der Waals surface area contributed by atoms with Gasteiger partial charge in [-0.3, -0.25) is 14.4 Å². The van der Waals surface area contributed by atoms with E-state index in [0.717, 1.165) is 5.57 Å². The highest BCUT2D eigenvalue weighted by Crippen LogP contribution is 2.72. The molecule has 0 aromatic heterocycles. The molecule has 0 heterocycles. The molecule has 0 radical (unpaired) electrons. The molecule has 0 amide bonds. The van der Waals surface area contributed by atoms with Crippen molar-refractivity contribution in [1.82, 2.24) is 0 Å². The van der Waals surface area contributed by atoms with E-state index in [9.17, 15) is 24.6 Å². The Morgan fingerprint density at radius 3 is 2.59 bits per heavy atom. The van der Waals surface area contributed by atoms with Crippen LogP contribution in [-0.2, 0) is 19.1 Å². The van der Waals surface area contributed by atoms with Crippen LogP contribution in [0.2, 0.25) is 0 Å². The molecule has 7 heteroatoms. The average molecular weight is 465 g/mol. The number of ketones is 2. The maximum absolute atomic E-state index is 13.2. The predicted octanol–water partition coefficient (Wildman–Crippen LogP) is 3.13. The molecule has 0 unspecified atom stereocenters. The van der Waals surface area contributed by atoms with Crippen LogP contribution < -0.4 is 0 Å². The molecular formula is C25H33ClO6. The third-order valence-electron chi connectivity index (χ3n) is 9.30. The maximum atomic E-state index is 13.2. The summed E-state index contributed by atoms with van der Waals surface area (Å²) in [5.41, 5.74) is -2.14. The number of carbonyl (C=O) groups is 3. The fourth-order valence-electron chi connectivity index (χ4n) is 7.77. The van der Waals surface area contributed by atoms with E-state index >= 15 is 0 Å². The highest BCUT2D eigenvalue weighted by molar-refractivity contribution is 6.26. The highest BCUT2D eigenvalue weighted by atomic mass is 35.5. The summed E-state index contributed by atoms with van der Waals surface area (Å²) in [6.45, 7) is 6.72. The van der Waals surface area contributed by atoms with Crippen LogP contribution in [0, 0.1) is 28.6 Å². The first kappa shape index (κ1) is 23.7. The number of esters is 1. The van der Waals surface area contributed by atoms with Crippen molar-refractivity contribution in [1.29, 1.82) is 0 Å². The second kappa shape index (κ2) is 7.51. The summed E-state index contributed by atoms with van der Waals surface area (Å²) in [6, 6.07) is 0. The fourth-order valence-corrected chi connectivity index (χ4v) is 8.29. The summed E-state index contributed by atoms with van der Waals surface area (Å²) in [7, 11) is 0. The van der Waals surface area contributed by atoms with Gasteiger partial charge in [0.15, 0.2) is 11.4 Å². The zero-order chi connectivity index (χ0) is 23.7. The van der Waals surface area contributed by atoms with Gasteiger partial charge in [-0.2, -0.15) is 0 Å². The van der Waals surface area contributed by atoms with E-state index in [0.29, 0.717) is 19.3 Å². The number of carbonyl (C=O) groups excluding carboxylic acids is 3. The number of allylic oxidation sites excluding steroid dienone is 4. The average Bonchev–Trinajstić information content (AvgIpc) is 2.96. The van der Waals surface area contributed by atoms with Gasteiger partial charge >= 0.3 is 5.97 Å². The molecule has 0 aliphatic heterocycles. The summed E-state index contributed by atoms with van der Waals surface area (Å²) in [6.07, 6.45) is 6.21. The van der Waals surface area contributed by atoms with Gasteiger partial charge in [0.2, 0.25) is 5.78 Å². The number of ether oxygens (including phenoxy) is 1. The molecule has 4 aliphatic rings. The van der Waals surface area contributed by atoms with Gasteiger partial charge in [0, 0.05) is 23.2 Å². The van der Waals surface area contributed by atoms with Gasteiger partial charge in [-0.15, -0.1) is 11.6 Å². The number of rotatable bonds is 4. The standard InChI is InChI=1S/C25H33ClO6/c1-5-21(31)32-25(20(30)13-27)14(2)10-18-17-7-6-15-11-16(28)8-9-22(15,3)24(17,26)19(29)12-23(18,25)4/h8-9,11,14,17-19,27,29H,5-7,10,12-13H2,1-4H3/t14-,17+,18-,19-,22-,23-,24-,25-/m0/s1. The van der Waals surface area contributed by atoms with Crippen molar-refractivity contribution in [2.24, 2.45) is 28.6 Å². The molecule has 0 saturated heterocycles. The van der Waals surface area contributed by atoms with Crippen LogP contribution in [0.3, 0.4) is 0 Å². The molecule has 4 aliphatic carbocycles. The molecule has 32 heavy (non-hydrogen) atoms. The largest absolute Gasteiger partial charge is 0.450 e. The van der Waals surface area contributed by atoms with Crippen LogP contribution in [0.25, 0.3) is 0 Å². The van der Waals surface area contributed by atoms with Crippen molar-refractivity contribution in [3.8, 4) is 0 Å². The minimum atomic E-state index is -1.51. The van der Waals surface area contributed by atoms with Crippen molar-refractivity contribution in [3.05, 3.63) is 23.8 Å².